The third-order valence-corrected chi connectivity index (χ3v) is 5.08. The Kier molecular flexibility index (Phi) is 7.49. The summed E-state index contributed by atoms with van der Waals surface area (Å²) in [5.74, 6) is -5.64. The summed E-state index contributed by atoms with van der Waals surface area (Å²) >= 11 is 6.14. The quantitative estimate of drug-likeness (QED) is 0.315. The summed E-state index contributed by atoms with van der Waals surface area (Å²) in [5, 5.41) is 34.8. The number of hydrogen-bond donors (Lipinski definition) is 5. The number of carbonyl (C=O) groups excluding carboxylic acids is 2. The van der Waals surface area contributed by atoms with Gasteiger partial charge < -0.3 is 26.0 Å². The van der Waals surface area contributed by atoms with Gasteiger partial charge in [0.2, 0.25) is 5.88 Å². The molecule has 0 aliphatic heterocycles. The van der Waals surface area contributed by atoms with Gasteiger partial charge in [0.1, 0.15) is 17.7 Å². The van der Waals surface area contributed by atoms with E-state index in [1.807, 2.05) is 5.32 Å². The van der Waals surface area contributed by atoms with Gasteiger partial charge in [-0.25, -0.2) is 0 Å². The van der Waals surface area contributed by atoms with E-state index in [1.165, 1.54) is 6.20 Å². The lowest BCUT2D eigenvalue weighted by molar-refractivity contribution is -0.135. The van der Waals surface area contributed by atoms with Crippen LogP contribution in [0.5, 0.6) is 11.6 Å². The zero-order chi connectivity index (χ0) is 24.8. The number of aliphatic carboxylic acids is 1. The number of nitrogens with one attached hydrogen (secondary N) is 2. The van der Waals surface area contributed by atoms with Crippen LogP contribution in [0.4, 0.5) is 0 Å². The average Bonchev–Trinajstić information content (AvgIpc) is 2.81. The fourth-order valence-corrected chi connectivity index (χ4v) is 3.26. The minimum atomic E-state index is -1.39. The minimum Gasteiger partial charge on any atom is -0.506 e. The van der Waals surface area contributed by atoms with E-state index in [2.05, 4.69) is 10.3 Å². The van der Waals surface area contributed by atoms with Crippen molar-refractivity contribution >= 4 is 29.4 Å². The van der Waals surface area contributed by atoms with Crippen LogP contribution < -0.4 is 16.2 Å². The molecule has 1 aromatic carbocycles. The standard InChI is InChI=1S/C22H19ClN4O7/c23-14-7-2-1-5-12(14)11-27-21(33)16(19(31)25-9-13-6-3-4-8-24-13)18(30)17(22(27)34)20(32)26-10-15(28)29/h1-8,30,33H,9-11H2,(H,25,31)(H,26,32)(H,28,29). The second-order valence-electron chi connectivity index (χ2n) is 6.99. The number of nitrogens with zero attached hydrogens (tertiary/aromatic N) is 2. The first kappa shape index (κ1) is 24.3. The lowest BCUT2D eigenvalue weighted by Crippen LogP contribution is -2.37. The van der Waals surface area contributed by atoms with Crippen LogP contribution in [0.2, 0.25) is 5.02 Å². The Morgan fingerprint density at radius 1 is 0.971 bits per heavy atom. The number of aromatic nitrogens is 2. The molecule has 3 aromatic rings. The zero-order valence-corrected chi connectivity index (χ0v) is 18.2. The van der Waals surface area contributed by atoms with Crippen molar-refractivity contribution in [3.8, 4) is 11.6 Å². The summed E-state index contributed by atoms with van der Waals surface area (Å²) < 4.78 is 0.687. The van der Waals surface area contributed by atoms with Crippen LogP contribution in [0, 0.1) is 0 Å². The number of amides is 2. The van der Waals surface area contributed by atoms with E-state index in [1.54, 1.807) is 42.5 Å². The molecule has 5 N–H and O–H groups in total. The van der Waals surface area contributed by atoms with Crippen LogP contribution in [0.25, 0.3) is 0 Å². The summed E-state index contributed by atoms with van der Waals surface area (Å²) in [6, 6.07) is 11.4. The van der Waals surface area contributed by atoms with Crippen molar-refractivity contribution in [2.24, 2.45) is 0 Å². The molecule has 0 spiro atoms. The molecule has 11 nitrogen and oxygen atoms in total. The Hall–Kier alpha value is -4.38. The molecule has 0 saturated heterocycles. The van der Waals surface area contributed by atoms with Crippen molar-refractivity contribution in [3.63, 3.8) is 0 Å². The number of pyridine rings is 2. The van der Waals surface area contributed by atoms with Gasteiger partial charge in [0.25, 0.3) is 17.4 Å². The molecule has 0 radical (unpaired) electrons. The van der Waals surface area contributed by atoms with Crippen LogP contribution in [0.15, 0.2) is 53.5 Å². The van der Waals surface area contributed by atoms with Crippen molar-refractivity contribution in [2.45, 2.75) is 13.1 Å². The number of aromatic hydroxyl groups is 2. The molecular weight excluding hydrogens is 468 g/mol. The third-order valence-electron chi connectivity index (χ3n) is 4.71. The molecular formula is C22H19ClN4O7. The summed E-state index contributed by atoms with van der Waals surface area (Å²) in [4.78, 5) is 53.3. The highest BCUT2D eigenvalue weighted by Crippen LogP contribution is 2.29. The maximum absolute atomic E-state index is 13.0. The van der Waals surface area contributed by atoms with E-state index in [-0.39, 0.29) is 18.1 Å². The van der Waals surface area contributed by atoms with Crippen molar-refractivity contribution in [2.75, 3.05) is 6.54 Å². The highest BCUT2D eigenvalue weighted by molar-refractivity contribution is 6.31. The van der Waals surface area contributed by atoms with Gasteiger partial charge in [0.05, 0.1) is 18.8 Å². The molecule has 0 aliphatic rings. The van der Waals surface area contributed by atoms with Gasteiger partial charge in [-0.15, -0.1) is 0 Å². The van der Waals surface area contributed by atoms with Gasteiger partial charge in [0.15, 0.2) is 5.75 Å². The molecule has 0 saturated carbocycles. The monoisotopic (exact) mass is 486 g/mol. The second kappa shape index (κ2) is 10.5. The van der Waals surface area contributed by atoms with Gasteiger partial charge in [0, 0.05) is 11.2 Å². The fraction of sp³-hybridized carbons (Fsp3) is 0.136. The summed E-state index contributed by atoms with van der Waals surface area (Å²) in [7, 11) is 0. The van der Waals surface area contributed by atoms with Gasteiger partial charge in [-0.1, -0.05) is 35.9 Å². The van der Waals surface area contributed by atoms with Crippen LogP contribution in [-0.2, 0) is 17.9 Å². The molecule has 0 fully saturated rings. The van der Waals surface area contributed by atoms with Gasteiger partial charge in [-0.3, -0.25) is 28.7 Å². The Bertz CT molecular complexity index is 1310. The summed E-state index contributed by atoms with van der Waals surface area (Å²) in [6.45, 7) is -1.27. The van der Waals surface area contributed by atoms with E-state index >= 15 is 0 Å². The number of carboxylic acid groups (broad SMARTS) is 1. The van der Waals surface area contributed by atoms with Crippen LogP contribution in [0.3, 0.4) is 0 Å². The normalized spacial score (nSPS) is 10.5. The summed E-state index contributed by atoms with van der Waals surface area (Å²) in [6.07, 6.45) is 1.51. The molecule has 0 unspecified atom stereocenters. The SMILES string of the molecule is O=C(O)CNC(=O)c1c(O)c(C(=O)NCc2ccccn2)c(O)n(Cc2ccccc2Cl)c1=O. The van der Waals surface area contributed by atoms with E-state index in [4.69, 9.17) is 16.7 Å². The zero-order valence-electron chi connectivity index (χ0n) is 17.5. The highest BCUT2D eigenvalue weighted by Gasteiger charge is 2.30. The maximum atomic E-state index is 13.0. The first-order valence-electron chi connectivity index (χ1n) is 9.81. The van der Waals surface area contributed by atoms with Crippen molar-refractivity contribution in [3.05, 3.63) is 86.4 Å². The molecule has 0 bridgehead atoms. The minimum absolute atomic E-state index is 0.0806. The number of hydrogen-bond acceptors (Lipinski definition) is 7. The van der Waals surface area contributed by atoms with Crippen LogP contribution >= 0.6 is 11.6 Å². The largest absolute Gasteiger partial charge is 0.506 e. The molecule has 0 aliphatic carbocycles. The Morgan fingerprint density at radius 2 is 1.65 bits per heavy atom. The predicted molar refractivity (Wildman–Crippen MR) is 120 cm³/mol. The van der Waals surface area contributed by atoms with Crippen molar-refractivity contribution < 1.29 is 29.7 Å². The average molecular weight is 487 g/mol. The molecule has 2 heterocycles. The number of benzene rings is 1. The molecule has 0 atom stereocenters. The Balaban J connectivity index is 2.09. The third kappa shape index (κ3) is 5.33. The molecule has 2 amide bonds. The summed E-state index contributed by atoms with van der Waals surface area (Å²) in [5.41, 5.74) is -1.96. The van der Waals surface area contributed by atoms with E-state index in [0.717, 1.165) is 0 Å². The Morgan fingerprint density at radius 3 is 2.29 bits per heavy atom. The Labute approximate surface area is 197 Å². The van der Waals surface area contributed by atoms with E-state index in [0.29, 0.717) is 15.8 Å². The van der Waals surface area contributed by atoms with E-state index < -0.39 is 52.6 Å². The number of halogens is 1. The second-order valence-corrected chi connectivity index (χ2v) is 7.39. The topological polar surface area (TPSA) is 171 Å². The number of rotatable bonds is 8. The molecule has 3 rings (SSSR count). The van der Waals surface area contributed by atoms with Crippen molar-refractivity contribution in [1.29, 1.82) is 0 Å². The molecule has 12 heteroatoms. The first-order chi connectivity index (χ1) is 16.2. The van der Waals surface area contributed by atoms with Gasteiger partial charge >= 0.3 is 5.97 Å². The fourth-order valence-electron chi connectivity index (χ4n) is 3.06. The van der Waals surface area contributed by atoms with Crippen molar-refractivity contribution in [1.82, 2.24) is 20.2 Å². The number of carboxylic acids is 1. The van der Waals surface area contributed by atoms with Crippen LogP contribution in [-0.4, -0.2) is 49.2 Å². The first-order valence-corrected chi connectivity index (χ1v) is 10.2. The molecule has 176 valence electrons. The smallest absolute Gasteiger partial charge is 0.322 e. The maximum Gasteiger partial charge on any atom is 0.322 e. The molecule has 34 heavy (non-hydrogen) atoms. The van der Waals surface area contributed by atoms with Gasteiger partial charge in [-0.2, -0.15) is 0 Å². The lowest BCUT2D eigenvalue weighted by Gasteiger charge is -2.17. The van der Waals surface area contributed by atoms with E-state index in [9.17, 15) is 29.4 Å². The lowest BCUT2D eigenvalue weighted by atomic mass is 10.1. The molecule has 2 aromatic heterocycles. The number of carbonyl (C=O) groups is 3. The predicted octanol–water partition coefficient (Wildman–Crippen LogP) is 1.10. The van der Waals surface area contributed by atoms with Gasteiger partial charge in [-0.05, 0) is 23.8 Å². The van der Waals surface area contributed by atoms with Crippen LogP contribution in [0.1, 0.15) is 32.0 Å². The highest BCUT2D eigenvalue weighted by atomic mass is 35.5.